The van der Waals surface area contributed by atoms with Crippen molar-refractivity contribution in [2.45, 2.75) is 38.6 Å². The monoisotopic (exact) mass is 331 g/mol. The van der Waals surface area contributed by atoms with Crippen LogP contribution in [0.4, 0.5) is 10.1 Å². The minimum atomic E-state index is -0.208. The molecule has 130 valence electrons. The van der Waals surface area contributed by atoms with Gasteiger partial charge in [-0.05, 0) is 49.6 Å². The number of halogens is 1. The van der Waals surface area contributed by atoms with Crippen LogP contribution >= 0.6 is 0 Å². The van der Waals surface area contributed by atoms with Crippen LogP contribution in [0.2, 0.25) is 0 Å². The van der Waals surface area contributed by atoms with Gasteiger partial charge in [-0.25, -0.2) is 9.38 Å². The number of amidine groups is 1. The molecule has 0 spiro atoms. The van der Waals surface area contributed by atoms with Crippen LogP contribution in [-0.2, 0) is 4.74 Å². The maximum Gasteiger partial charge on any atom is 0.127 e. The van der Waals surface area contributed by atoms with Gasteiger partial charge in [-0.3, -0.25) is 0 Å². The third kappa shape index (κ3) is 3.61. The molecule has 1 aromatic rings. The Morgan fingerprint density at radius 3 is 2.79 bits per heavy atom. The van der Waals surface area contributed by atoms with Crippen molar-refractivity contribution >= 4 is 11.5 Å². The molecule has 0 N–H and O–H groups in total. The van der Waals surface area contributed by atoms with Crippen molar-refractivity contribution in [3.63, 3.8) is 0 Å². The predicted octanol–water partition coefficient (Wildman–Crippen LogP) is 3.80. The molecule has 0 radical (unpaired) electrons. The van der Waals surface area contributed by atoms with E-state index in [1.54, 1.807) is 7.11 Å². The summed E-state index contributed by atoms with van der Waals surface area (Å²) in [6.07, 6.45) is 6.60. The fourth-order valence-corrected chi connectivity index (χ4v) is 3.52. The second-order valence-corrected chi connectivity index (χ2v) is 6.39. The van der Waals surface area contributed by atoms with Crippen molar-refractivity contribution in [1.29, 1.82) is 0 Å². The summed E-state index contributed by atoms with van der Waals surface area (Å²) in [5, 5.41) is 0. The molecular formula is C19H26FN3O. The first-order chi connectivity index (χ1) is 11.7. The van der Waals surface area contributed by atoms with Crippen LogP contribution in [0.5, 0.6) is 0 Å². The molecule has 0 aromatic heterocycles. The Balaban J connectivity index is 1.81. The molecule has 5 heteroatoms. The Bertz CT molecular complexity index is 612. The lowest BCUT2D eigenvalue weighted by molar-refractivity contribution is 0.145. The van der Waals surface area contributed by atoms with Crippen LogP contribution in [0.15, 0.2) is 41.0 Å². The number of likely N-dealkylation sites (tertiary alicyclic amines) is 1. The number of aliphatic imine (C=N–C) groups is 1. The van der Waals surface area contributed by atoms with Crippen molar-refractivity contribution in [3.8, 4) is 0 Å². The standard InChI is InChI=1S/C19H26FN3O/c1-3-5-17-12-19(22-11-4-6-18(22)13-24-2)21-14-23(17)16-9-7-15(20)8-10-16/h7-10,12,18H,3-6,11,13-14H2,1-2H3/t18-/m0/s1. The van der Waals surface area contributed by atoms with Crippen LogP contribution in [0.3, 0.4) is 0 Å². The zero-order valence-corrected chi connectivity index (χ0v) is 14.5. The van der Waals surface area contributed by atoms with Gasteiger partial charge < -0.3 is 14.5 Å². The lowest BCUT2D eigenvalue weighted by atomic mass is 10.1. The van der Waals surface area contributed by atoms with Crippen LogP contribution in [0, 0.1) is 5.82 Å². The van der Waals surface area contributed by atoms with E-state index in [1.807, 2.05) is 12.1 Å². The summed E-state index contributed by atoms with van der Waals surface area (Å²) in [6, 6.07) is 7.08. The van der Waals surface area contributed by atoms with Gasteiger partial charge in [0, 0.05) is 25.0 Å². The lowest BCUT2D eigenvalue weighted by Gasteiger charge is -2.33. The minimum Gasteiger partial charge on any atom is -0.383 e. The molecule has 2 aliphatic rings. The quantitative estimate of drug-likeness (QED) is 0.821. The molecule has 3 rings (SSSR count). The summed E-state index contributed by atoms with van der Waals surface area (Å²) in [7, 11) is 1.76. The zero-order chi connectivity index (χ0) is 16.9. The first-order valence-electron chi connectivity index (χ1n) is 8.76. The van der Waals surface area contributed by atoms with Gasteiger partial charge in [0.25, 0.3) is 0 Å². The predicted molar refractivity (Wildman–Crippen MR) is 95.8 cm³/mol. The average Bonchev–Trinajstić information content (AvgIpc) is 3.05. The van der Waals surface area contributed by atoms with E-state index >= 15 is 0 Å². The number of hydrogen-bond acceptors (Lipinski definition) is 4. The molecule has 0 bridgehead atoms. The number of allylic oxidation sites excluding steroid dienone is 1. The third-order valence-electron chi connectivity index (χ3n) is 4.69. The maximum absolute atomic E-state index is 13.2. The third-order valence-corrected chi connectivity index (χ3v) is 4.69. The van der Waals surface area contributed by atoms with Crippen molar-refractivity contribution in [1.82, 2.24) is 4.90 Å². The number of benzene rings is 1. The molecule has 0 unspecified atom stereocenters. The van der Waals surface area contributed by atoms with Gasteiger partial charge in [0.05, 0.1) is 12.6 Å². The Labute approximate surface area is 143 Å². The van der Waals surface area contributed by atoms with Gasteiger partial charge in [0.2, 0.25) is 0 Å². The SMILES string of the molecule is CCCC1=CC(N2CCC[C@H]2COC)=NCN1c1ccc(F)cc1. The summed E-state index contributed by atoms with van der Waals surface area (Å²) < 4.78 is 18.6. The van der Waals surface area contributed by atoms with Gasteiger partial charge in [-0.1, -0.05) is 13.3 Å². The average molecular weight is 331 g/mol. The number of methoxy groups -OCH3 is 1. The topological polar surface area (TPSA) is 28.1 Å². The fraction of sp³-hybridized carbons (Fsp3) is 0.526. The number of ether oxygens (including phenoxy) is 1. The van der Waals surface area contributed by atoms with E-state index in [2.05, 4.69) is 22.8 Å². The van der Waals surface area contributed by atoms with Crippen LogP contribution in [-0.4, -0.2) is 43.7 Å². The largest absolute Gasteiger partial charge is 0.383 e. The first kappa shape index (κ1) is 17.0. The van der Waals surface area contributed by atoms with Gasteiger partial charge in [-0.15, -0.1) is 0 Å². The van der Waals surface area contributed by atoms with Crippen LogP contribution in [0.25, 0.3) is 0 Å². The van der Waals surface area contributed by atoms with E-state index in [9.17, 15) is 4.39 Å². The molecule has 0 saturated carbocycles. The summed E-state index contributed by atoms with van der Waals surface area (Å²) in [6.45, 7) is 4.55. The Morgan fingerprint density at radius 1 is 1.29 bits per heavy atom. The maximum atomic E-state index is 13.2. The fourth-order valence-electron chi connectivity index (χ4n) is 3.52. The molecule has 1 saturated heterocycles. The first-order valence-corrected chi connectivity index (χ1v) is 8.76. The smallest absolute Gasteiger partial charge is 0.127 e. The molecule has 24 heavy (non-hydrogen) atoms. The molecule has 0 amide bonds. The summed E-state index contributed by atoms with van der Waals surface area (Å²) in [5.41, 5.74) is 2.24. The van der Waals surface area contributed by atoms with Crippen molar-refractivity contribution in [2.75, 3.05) is 31.8 Å². The Hall–Kier alpha value is -1.88. The normalized spacial score (nSPS) is 21.0. The summed E-state index contributed by atoms with van der Waals surface area (Å²) >= 11 is 0. The van der Waals surface area contributed by atoms with E-state index in [4.69, 9.17) is 9.73 Å². The Morgan fingerprint density at radius 2 is 2.08 bits per heavy atom. The summed E-state index contributed by atoms with van der Waals surface area (Å²) in [4.78, 5) is 9.35. The minimum absolute atomic E-state index is 0.208. The van der Waals surface area contributed by atoms with Crippen molar-refractivity contribution in [2.24, 2.45) is 4.99 Å². The van der Waals surface area contributed by atoms with E-state index < -0.39 is 0 Å². The van der Waals surface area contributed by atoms with Gasteiger partial charge in [0.15, 0.2) is 0 Å². The highest BCUT2D eigenvalue weighted by Crippen LogP contribution is 2.27. The molecule has 1 fully saturated rings. The van der Waals surface area contributed by atoms with Crippen LogP contribution in [0.1, 0.15) is 32.6 Å². The number of rotatable bonds is 5. The molecular weight excluding hydrogens is 305 g/mol. The van der Waals surface area contributed by atoms with E-state index in [0.717, 1.165) is 43.9 Å². The van der Waals surface area contributed by atoms with E-state index in [0.29, 0.717) is 12.7 Å². The number of anilines is 1. The molecule has 2 heterocycles. The number of nitrogens with zero attached hydrogens (tertiary/aromatic N) is 3. The second-order valence-electron chi connectivity index (χ2n) is 6.39. The zero-order valence-electron chi connectivity index (χ0n) is 14.5. The highest BCUT2D eigenvalue weighted by atomic mass is 19.1. The lowest BCUT2D eigenvalue weighted by Crippen LogP contribution is -2.40. The molecule has 4 nitrogen and oxygen atoms in total. The number of hydrogen-bond donors (Lipinski definition) is 0. The molecule has 0 aliphatic carbocycles. The van der Waals surface area contributed by atoms with E-state index in [-0.39, 0.29) is 5.82 Å². The highest BCUT2D eigenvalue weighted by Gasteiger charge is 2.28. The van der Waals surface area contributed by atoms with Crippen LogP contribution < -0.4 is 4.90 Å². The van der Waals surface area contributed by atoms with Gasteiger partial charge in [0.1, 0.15) is 18.3 Å². The summed E-state index contributed by atoms with van der Waals surface area (Å²) in [5.74, 6) is 0.858. The molecule has 1 aromatic carbocycles. The second kappa shape index (κ2) is 7.79. The van der Waals surface area contributed by atoms with Crippen molar-refractivity contribution in [3.05, 3.63) is 41.9 Å². The molecule has 1 atom stereocenters. The van der Waals surface area contributed by atoms with Gasteiger partial charge >= 0.3 is 0 Å². The molecule has 2 aliphatic heterocycles. The van der Waals surface area contributed by atoms with Crippen molar-refractivity contribution < 1.29 is 9.13 Å². The Kier molecular flexibility index (Phi) is 5.51. The van der Waals surface area contributed by atoms with Gasteiger partial charge in [-0.2, -0.15) is 0 Å². The highest BCUT2D eigenvalue weighted by molar-refractivity contribution is 5.95. The van der Waals surface area contributed by atoms with E-state index in [1.165, 1.54) is 24.3 Å².